The number of nitrogens with one attached hydrogen (secondary N) is 1. The second-order valence-electron chi connectivity index (χ2n) is 9.68. The minimum Gasteiger partial charge on any atom is -0.497 e. The number of para-hydroxylation sites is 1. The van der Waals surface area contributed by atoms with Gasteiger partial charge in [-0.1, -0.05) is 24.3 Å². The van der Waals surface area contributed by atoms with Crippen LogP contribution in [0.25, 0.3) is 0 Å². The summed E-state index contributed by atoms with van der Waals surface area (Å²) in [6.07, 6.45) is 3.04. The molecular formula is C27H33N5O4. The van der Waals surface area contributed by atoms with Crippen LogP contribution in [0.4, 0.5) is 16.2 Å². The van der Waals surface area contributed by atoms with Gasteiger partial charge in [0, 0.05) is 43.6 Å². The van der Waals surface area contributed by atoms with Gasteiger partial charge < -0.3 is 29.7 Å². The van der Waals surface area contributed by atoms with E-state index in [1.165, 1.54) is 0 Å². The van der Waals surface area contributed by atoms with E-state index in [1.54, 1.807) is 23.0 Å². The fourth-order valence-corrected chi connectivity index (χ4v) is 5.54. The topological polar surface area (TPSA) is 85.4 Å². The fraction of sp³-hybridized carbons (Fsp3) is 0.444. The van der Waals surface area contributed by atoms with Gasteiger partial charge in [-0.05, 0) is 49.9 Å². The molecule has 0 aromatic heterocycles. The van der Waals surface area contributed by atoms with Crippen LogP contribution in [-0.4, -0.2) is 84.6 Å². The van der Waals surface area contributed by atoms with E-state index in [2.05, 4.69) is 10.2 Å². The first-order chi connectivity index (χ1) is 17.5. The highest BCUT2D eigenvalue weighted by atomic mass is 16.5. The maximum absolute atomic E-state index is 13.8. The quantitative estimate of drug-likeness (QED) is 0.695. The third kappa shape index (κ3) is 4.57. The summed E-state index contributed by atoms with van der Waals surface area (Å²) in [6.45, 7) is 2.90. The number of methoxy groups -OCH3 is 1. The molecular weight excluding hydrogens is 458 g/mol. The molecule has 1 N–H and O–H groups in total. The van der Waals surface area contributed by atoms with Gasteiger partial charge in [-0.2, -0.15) is 0 Å². The molecule has 3 heterocycles. The normalized spacial score (nSPS) is 19.2. The number of carbonyl (C=O) groups is 3. The Morgan fingerprint density at radius 2 is 1.67 bits per heavy atom. The zero-order valence-corrected chi connectivity index (χ0v) is 20.7. The molecule has 3 saturated heterocycles. The van der Waals surface area contributed by atoms with Crippen LogP contribution in [-0.2, 0) is 9.59 Å². The molecule has 0 radical (unpaired) electrons. The summed E-state index contributed by atoms with van der Waals surface area (Å²) in [7, 11) is 1.59. The van der Waals surface area contributed by atoms with Crippen molar-refractivity contribution in [3.8, 4) is 5.75 Å². The van der Waals surface area contributed by atoms with Crippen LogP contribution in [0.1, 0.15) is 25.7 Å². The van der Waals surface area contributed by atoms with Gasteiger partial charge in [-0.3, -0.25) is 9.59 Å². The van der Waals surface area contributed by atoms with Crippen molar-refractivity contribution < 1.29 is 19.1 Å². The van der Waals surface area contributed by atoms with E-state index in [4.69, 9.17) is 4.74 Å². The van der Waals surface area contributed by atoms with E-state index in [9.17, 15) is 14.4 Å². The number of anilines is 2. The largest absolute Gasteiger partial charge is 0.497 e. The molecule has 3 aliphatic heterocycles. The van der Waals surface area contributed by atoms with Crippen molar-refractivity contribution in [1.29, 1.82) is 0 Å². The summed E-state index contributed by atoms with van der Waals surface area (Å²) in [5.74, 6) is 0.664. The molecule has 2 aromatic rings. The summed E-state index contributed by atoms with van der Waals surface area (Å²) >= 11 is 0. The lowest BCUT2D eigenvalue weighted by atomic mass is 9.85. The van der Waals surface area contributed by atoms with E-state index in [-0.39, 0.29) is 24.4 Å². The Hall–Kier alpha value is -3.75. The minimum atomic E-state index is -0.764. The number of piperidine rings is 1. The Bertz CT molecular complexity index is 1110. The van der Waals surface area contributed by atoms with Gasteiger partial charge in [-0.15, -0.1) is 0 Å². The number of amides is 4. The molecule has 0 bridgehead atoms. The molecule has 0 aliphatic carbocycles. The standard InChI is InChI=1S/C27H33N5O4/c1-36-23-11-7-8-21(18-23)28-26(35)30-16-12-27(13-17-30)25(34)31(19-24(33)29-14-5-6-15-29)20-32(27)22-9-3-2-4-10-22/h2-4,7-11,18H,5-6,12-17,19-20H2,1H3,(H,28,35). The van der Waals surface area contributed by atoms with Crippen LogP contribution < -0.4 is 15.0 Å². The van der Waals surface area contributed by atoms with Crippen LogP contribution in [0.2, 0.25) is 0 Å². The molecule has 3 fully saturated rings. The van der Waals surface area contributed by atoms with Crippen molar-refractivity contribution in [2.24, 2.45) is 0 Å². The first-order valence-corrected chi connectivity index (χ1v) is 12.6. The molecule has 9 heteroatoms. The van der Waals surface area contributed by atoms with Gasteiger partial charge in [-0.25, -0.2) is 4.79 Å². The molecule has 2 aromatic carbocycles. The highest BCUT2D eigenvalue weighted by Crippen LogP contribution is 2.39. The predicted octanol–water partition coefficient (Wildman–Crippen LogP) is 2.99. The number of carbonyl (C=O) groups excluding carboxylic acids is 3. The van der Waals surface area contributed by atoms with Gasteiger partial charge in [0.15, 0.2) is 0 Å². The fourth-order valence-electron chi connectivity index (χ4n) is 5.54. The molecule has 0 saturated carbocycles. The number of nitrogens with zero attached hydrogens (tertiary/aromatic N) is 4. The van der Waals surface area contributed by atoms with E-state index in [0.717, 1.165) is 31.6 Å². The Kier molecular flexibility index (Phi) is 6.71. The van der Waals surface area contributed by atoms with E-state index < -0.39 is 5.54 Å². The smallest absolute Gasteiger partial charge is 0.321 e. The third-order valence-electron chi connectivity index (χ3n) is 7.57. The number of likely N-dealkylation sites (tertiary alicyclic amines) is 2. The molecule has 9 nitrogen and oxygen atoms in total. The van der Waals surface area contributed by atoms with E-state index in [1.807, 2.05) is 53.4 Å². The van der Waals surface area contributed by atoms with Crippen molar-refractivity contribution in [2.75, 3.05) is 56.7 Å². The lowest BCUT2D eigenvalue weighted by Crippen LogP contribution is -2.58. The number of hydrogen-bond acceptors (Lipinski definition) is 5. The summed E-state index contributed by atoms with van der Waals surface area (Å²) in [6, 6.07) is 16.9. The number of ether oxygens (including phenoxy) is 1. The summed E-state index contributed by atoms with van der Waals surface area (Å²) in [5, 5.41) is 2.93. The van der Waals surface area contributed by atoms with Crippen molar-refractivity contribution in [2.45, 2.75) is 31.2 Å². The van der Waals surface area contributed by atoms with Gasteiger partial charge >= 0.3 is 6.03 Å². The Balaban J connectivity index is 1.30. The monoisotopic (exact) mass is 491 g/mol. The maximum atomic E-state index is 13.8. The van der Waals surface area contributed by atoms with Crippen molar-refractivity contribution in [3.05, 3.63) is 54.6 Å². The van der Waals surface area contributed by atoms with Crippen LogP contribution in [0.15, 0.2) is 54.6 Å². The minimum absolute atomic E-state index is 0.0148. The average Bonchev–Trinajstić information content (AvgIpc) is 3.54. The first kappa shape index (κ1) is 24.0. The highest BCUT2D eigenvalue weighted by molar-refractivity contribution is 5.97. The summed E-state index contributed by atoms with van der Waals surface area (Å²) in [4.78, 5) is 47.1. The SMILES string of the molecule is COc1cccc(NC(=O)N2CCC3(CC2)C(=O)N(CC(=O)N2CCCC2)CN3c2ccccc2)c1. The van der Waals surface area contributed by atoms with E-state index in [0.29, 0.717) is 44.0 Å². The molecule has 0 unspecified atom stereocenters. The molecule has 3 aliphatic rings. The average molecular weight is 492 g/mol. The maximum Gasteiger partial charge on any atom is 0.321 e. The van der Waals surface area contributed by atoms with Crippen molar-refractivity contribution in [1.82, 2.24) is 14.7 Å². The Morgan fingerprint density at radius 3 is 2.36 bits per heavy atom. The van der Waals surface area contributed by atoms with Crippen LogP contribution in [0.3, 0.4) is 0 Å². The predicted molar refractivity (Wildman–Crippen MR) is 137 cm³/mol. The molecule has 0 atom stereocenters. The third-order valence-corrected chi connectivity index (χ3v) is 7.57. The summed E-state index contributed by atoms with van der Waals surface area (Å²) in [5.41, 5.74) is 0.852. The molecule has 5 rings (SSSR count). The van der Waals surface area contributed by atoms with Gasteiger partial charge in [0.2, 0.25) is 5.91 Å². The number of benzene rings is 2. The number of urea groups is 1. The molecule has 36 heavy (non-hydrogen) atoms. The van der Waals surface area contributed by atoms with Gasteiger partial charge in [0.1, 0.15) is 17.8 Å². The van der Waals surface area contributed by atoms with Gasteiger partial charge in [0.25, 0.3) is 5.91 Å². The number of hydrogen-bond donors (Lipinski definition) is 1. The Morgan fingerprint density at radius 1 is 0.944 bits per heavy atom. The zero-order valence-electron chi connectivity index (χ0n) is 20.7. The van der Waals surface area contributed by atoms with Crippen LogP contribution >= 0.6 is 0 Å². The summed E-state index contributed by atoms with van der Waals surface area (Å²) < 4.78 is 5.24. The second kappa shape index (κ2) is 10.1. The second-order valence-corrected chi connectivity index (χ2v) is 9.68. The number of rotatable bonds is 5. The lowest BCUT2D eigenvalue weighted by molar-refractivity contribution is -0.140. The van der Waals surface area contributed by atoms with Crippen molar-refractivity contribution in [3.63, 3.8) is 0 Å². The molecule has 1 spiro atoms. The molecule has 190 valence electrons. The molecule has 4 amide bonds. The van der Waals surface area contributed by atoms with Crippen LogP contribution in [0, 0.1) is 0 Å². The Labute approximate surface area is 211 Å². The zero-order chi connectivity index (χ0) is 25.1. The first-order valence-electron chi connectivity index (χ1n) is 12.6. The highest BCUT2D eigenvalue weighted by Gasteiger charge is 2.54. The van der Waals surface area contributed by atoms with Crippen molar-refractivity contribution >= 4 is 29.2 Å². The van der Waals surface area contributed by atoms with E-state index >= 15 is 0 Å². The van der Waals surface area contributed by atoms with Crippen LogP contribution in [0.5, 0.6) is 5.75 Å². The van der Waals surface area contributed by atoms with Gasteiger partial charge in [0.05, 0.1) is 13.8 Å². The lowest BCUT2D eigenvalue weighted by Gasteiger charge is -2.43.